The molecular weight excluding hydrogens is 498 g/mol. The van der Waals surface area contributed by atoms with E-state index in [1.165, 1.54) is 41.4 Å². The van der Waals surface area contributed by atoms with Crippen LogP contribution in [0.4, 0.5) is 16.2 Å². The molecule has 2 heterocycles. The third-order valence-corrected chi connectivity index (χ3v) is 7.05. The van der Waals surface area contributed by atoms with Crippen molar-refractivity contribution in [1.82, 2.24) is 14.0 Å². The fourth-order valence-corrected chi connectivity index (χ4v) is 5.10. The number of carbonyl (C=O) groups is 3. The maximum Gasteiger partial charge on any atom is 0.328 e. The average molecular weight is 518 g/mol. The van der Waals surface area contributed by atoms with Gasteiger partial charge >= 0.3 is 5.69 Å². The Labute approximate surface area is 213 Å². The van der Waals surface area contributed by atoms with E-state index in [-0.39, 0.29) is 21.8 Å². The molecule has 11 nitrogen and oxygen atoms in total. The van der Waals surface area contributed by atoms with Crippen LogP contribution in [0.2, 0.25) is 0 Å². The number of rotatable bonds is 5. The third kappa shape index (κ3) is 4.16. The van der Waals surface area contributed by atoms with E-state index in [2.05, 4.69) is 5.32 Å². The van der Waals surface area contributed by atoms with Crippen molar-refractivity contribution in [3.05, 3.63) is 85.7 Å². The van der Waals surface area contributed by atoms with E-state index >= 15 is 0 Å². The van der Waals surface area contributed by atoms with Crippen LogP contribution in [0.3, 0.4) is 0 Å². The average Bonchev–Trinajstić information content (AvgIpc) is 3.25. The number of nitrogens with one attached hydrogen (secondary N) is 1. The summed E-state index contributed by atoms with van der Waals surface area (Å²) in [4.78, 5) is 62.4. The second kappa shape index (κ2) is 9.06. The summed E-state index contributed by atoms with van der Waals surface area (Å²) in [5.74, 6) is -1.30. The Morgan fingerprint density at radius 2 is 1.70 bits per heavy atom. The molecule has 0 radical (unpaired) electrons. The number of amides is 3. The van der Waals surface area contributed by atoms with Gasteiger partial charge in [0.15, 0.2) is 0 Å². The van der Waals surface area contributed by atoms with E-state index in [9.17, 15) is 29.3 Å². The van der Waals surface area contributed by atoms with Crippen LogP contribution in [0.25, 0.3) is 27.9 Å². The maximum atomic E-state index is 13.0. The first-order valence-electron chi connectivity index (χ1n) is 11.0. The number of carbonyl (C=O) groups excluding carboxylic acids is 3. The van der Waals surface area contributed by atoms with Gasteiger partial charge in [-0.3, -0.25) is 38.5 Å². The van der Waals surface area contributed by atoms with E-state index in [1.54, 1.807) is 12.1 Å². The zero-order valence-corrected chi connectivity index (χ0v) is 20.4. The van der Waals surface area contributed by atoms with E-state index in [4.69, 9.17) is 0 Å². The Kier molecular flexibility index (Phi) is 5.88. The molecule has 1 aliphatic heterocycles. The van der Waals surface area contributed by atoms with Crippen LogP contribution >= 0.6 is 11.8 Å². The second-order valence-electron chi connectivity index (χ2n) is 8.40. The maximum absolute atomic E-state index is 13.0. The molecule has 186 valence electrons. The van der Waals surface area contributed by atoms with E-state index < -0.39 is 28.5 Å². The highest BCUT2D eigenvalue weighted by atomic mass is 32.2. The van der Waals surface area contributed by atoms with E-state index in [0.29, 0.717) is 28.5 Å². The van der Waals surface area contributed by atoms with Crippen LogP contribution < -0.4 is 11.0 Å². The summed E-state index contributed by atoms with van der Waals surface area (Å²) in [7, 11) is 3.03. The van der Waals surface area contributed by atoms with Crippen LogP contribution in [0.1, 0.15) is 5.56 Å². The fourth-order valence-electron chi connectivity index (χ4n) is 4.27. The van der Waals surface area contributed by atoms with Crippen molar-refractivity contribution in [2.24, 2.45) is 14.1 Å². The van der Waals surface area contributed by atoms with Crippen LogP contribution in [0, 0.1) is 10.1 Å². The van der Waals surface area contributed by atoms with Gasteiger partial charge in [0.05, 0.1) is 26.4 Å². The van der Waals surface area contributed by atoms with Gasteiger partial charge in [-0.1, -0.05) is 36.4 Å². The lowest BCUT2D eigenvalue weighted by Gasteiger charge is -2.13. The van der Waals surface area contributed by atoms with Gasteiger partial charge in [0, 0.05) is 31.2 Å². The third-order valence-electron chi connectivity index (χ3n) is 6.14. The van der Waals surface area contributed by atoms with Gasteiger partial charge in [-0.05, 0) is 35.4 Å². The lowest BCUT2D eigenvalue weighted by molar-refractivity contribution is -0.385. The highest BCUT2D eigenvalue weighted by Gasteiger charge is 2.37. The zero-order chi connectivity index (χ0) is 26.4. The van der Waals surface area contributed by atoms with Gasteiger partial charge in [-0.15, -0.1) is 0 Å². The summed E-state index contributed by atoms with van der Waals surface area (Å²) in [5, 5.41) is 15.5. The first kappa shape index (κ1) is 24.0. The van der Waals surface area contributed by atoms with Crippen LogP contribution in [-0.2, 0) is 23.7 Å². The lowest BCUT2D eigenvalue weighted by atomic mass is 10.1. The van der Waals surface area contributed by atoms with Crippen LogP contribution in [0.15, 0.2) is 64.3 Å². The number of fused-ring (bicyclic) bond motifs is 2. The van der Waals surface area contributed by atoms with Crippen molar-refractivity contribution in [2.75, 3.05) is 11.9 Å². The molecule has 37 heavy (non-hydrogen) atoms. The molecule has 1 aromatic heterocycles. The number of hydrogen-bond acceptors (Lipinski definition) is 7. The van der Waals surface area contributed by atoms with Crippen molar-refractivity contribution in [1.29, 1.82) is 0 Å². The summed E-state index contributed by atoms with van der Waals surface area (Å²) < 4.78 is 2.62. The molecule has 0 atom stereocenters. The first-order chi connectivity index (χ1) is 17.7. The van der Waals surface area contributed by atoms with Crippen LogP contribution in [0.5, 0.6) is 0 Å². The summed E-state index contributed by atoms with van der Waals surface area (Å²) in [6, 6.07) is 15.5. The highest BCUT2D eigenvalue weighted by Crippen LogP contribution is 2.35. The summed E-state index contributed by atoms with van der Waals surface area (Å²) >= 11 is 0.588. The lowest BCUT2D eigenvalue weighted by Crippen LogP contribution is -2.36. The number of hydrogen-bond donors (Lipinski definition) is 1. The van der Waals surface area contributed by atoms with Gasteiger partial charge in [0.25, 0.3) is 16.8 Å². The largest absolute Gasteiger partial charge is 0.328 e. The van der Waals surface area contributed by atoms with Gasteiger partial charge in [0.2, 0.25) is 5.91 Å². The van der Waals surface area contributed by atoms with Crippen molar-refractivity contribution < 1.29 is 19.3 Å². The Morgan fingerprint density at radius 1 is 1.03 bits per heavy atom. The molecule has 0 spiro atoms. The molecule has 5 rings (SSSR count). The van der Waals surface area contributed by atoms with Gasteiger partial charge < -0.3 is 5.32 Å². The molecule has 3 amide bonds. The summed E-state index contributed by atoms with van der Waals surface area (Å²) in [6.07, 6.45) is 1.24. The van der Waals surface area contributed by atoms with E-state index in [0.717, 1.165) is 15.7 Å². The predicted molar refractivity (Wildman–Crippen MR) is 140 cm³/mol. The Bertz CT molecular complexity index is 1750. The van der Waals surface area contributed by atoms with Gasteiger partial charge in [0.1, 0.15) is 6.54 Å². The summed E-state index contributed by atoms with van der Waals surface area (Å²) in [5.41, 5.74) is 0.702. The van der Waals surface area contributed by atoms with Gasteiger partial charge in [-0.2, -0.15) is 0 Å². The topological polar surface area (TPSA) is 137 Å². The molecule has 1 aliphatic rings. The predicted octanol–water partition coefficient (Wildman–Crippen LogP) is 3.61. The molecular formula is C25H19N5O6S. The van der Waals surface area contributed by atoms with Crippen LogP contribution in [-0.4, -0.2) is 42.6 Å². The summed E-state index contributed by atoms with van der Waals surface area (Å²) in [6.45, 7) is -0.514. The Balaban J connectivity index is 1.42. The van der Waals surface area contributed by atoms with Crippen molar-refractivity contribution in [3.63, 3.8) is 0 Å². The number of nitro groups is 1. The number of aryl methyl sites for hydroxylation is 2. The molecule has 0 aliphatic carbocycles. The number of imide groups is 1. The minimum atomic E-state index is -0.737. The number of nitrogens with zero attached hydrogens (tertiary/aromatic N) is 4. The molecule has 0 unspecified atom stereocenters. The van der Waals surface area contributed by atoms with Gasteiger partial charge in [-0.25, -0.2) is 4.79 Å². The first-order valence-corrected chi connectivity index (χ1v) is 11.8. The molecule has 1 saturated heterocycles. The number of nitro benzene ring substituents is 1. The normalized spacial score (nSPS) is 14.8. The molecule has 0 bridgehead atoms. The monoisotopic (exact) mass is 517 g/mol. The van der Waals surface area contributed by atoms with Crippen molar-refractivity contribution >= 4 is 68.1 Å². The number of imidazole rings is 1. The fraction of sp³-hybridized carbons (Fsp3) is 0.120. The van der Waals surface area contributed by atoms with Crippen molar-refractivity contribution in [3.8, 4) is 0 Å². The van der Waals surface area contributed by atoms with E-state index in [1.807, 2.05) is 30.3 Å². The zero-order valence-electron chi connectivity index (χ0n) is 19.6. The number of benzene rings is 3. The smallest absolute Gasteiger partial charge is 0.324 e. The molecule has 1 N–H and O–H groups in total. The quantitative estimate of drug-likeness (QED) is 0.243. The second-order valence-corrected chi connectivity index (χ2v) is 9.39. The molecule has 4 aromatic rings. The standard InChI is InChI=1S/C25H19N5O6S/c1-27-19-10-15(18(30(35)36)12-20(19)28(2)24(27)33)11-21-23(32)29(25(34)37-21)13-22(31)26-17-9-5-7-14-6-3-4-8-16(14)17/h3-12H,13H2,1-2H3,(H,26,31)/b21-11-. The molecule has 0 saturated carbocycles. The minimum Gasteiger partial charge on any atom is -0.324 e. The highest BCUT2D eigenvalue weighted by molar-refractivity contribution is 8.18. The SMILES string of the molecule is Cn1c(=O)n(C)c2cc([N+](=O)[O-])c(/C=C3\SC(=O)N(CC(=O)Nc4cccc5ccccc45)C3=O)cc21. The number of thioether (sulfide) groups is 1. The number of anilines is 1. The molecule has 1 fully saturated rings. The Morgan fingerprint density at radius 3 is 2.43 bits per heavy atom. The molecule has 12 heteroatoms. The Hall–Kier alpha value is -4.71. The van der Waals surface area contributed by atoms with Crippen molar-refractivity contribution in [2.45, 2.75) is 0 Å². The molecule has 3 aromatic carbocycles. The number of aromatic nitrogens is 2. The minimum absolute atomic E-state index is 0.0596.